The highest BCUT2D eigenvalue weighted by Gasteiger charge is 2.37. The fourth-order valence-corrected chi connectivity index (χ4v) is 5.28. The number of para-hydroxylation sites is 1. The Hall–Kier alpha value is -2.83. The van der Waals surface area contributed by atoms with Crippen LogP contribution in [0, 0.1) is 0 Å². The lowest BCUT2D eigenvalue weighted by atomic mass is 10.1. The van der Waals surface area contributed by atoms with Crippen molar-refractivity contribution in [3.8, 4) is 0 Å². The average Bonchev–Trinajstić information content (AvgIpc) is 3.32. The Morgan fingerprint density at radius 1 is 0.972 bits per heavy atom. The van der Waals surface area contributed by atoms with Gasteiger partial charge >= 0.3 is 0 Å². The van der Waals surface area contributed by atoms with E-state index >= 15 is 0 Å². The summed E-state index contributed by atoms with van der Waals surface area (Å²) in [5, 5.41) is 3.14. The molecule has 0 N–H and O–H groups in total. The number of anilines is 1. The molecule has 1 saturated heterocycles. The largest absolute Gasteiger partial charge is 0.342 e. The molecule has 0 aliphatic carbocycles. The molecule has 3 aromatic carbocycles. The highest BCUT2D eigenvalue weighted by atomic mass is 35.5. The summed E-state index contributed by atoms with van der Waals surface area (Å²) in [6, 6.07) is 19.0. The third-order valence-electron chi connectivity index (χ3n) is 6.37. The van der Waals surface area contributed by atoms with E-state index in [0.29, 0.717) is 38.1 Å². The van der Waals surface area contributed by atoms with Crippen LogP contribution in [0.25, 0.3) is 17.0 Å². The maximum Gasteiger partial charge on any atom is 0.281 e. The number of nitrogens with zero attached hydrogens (tertiary/aromatic N) is 3. The lowest BCUT2D eigenvalue weighted by Gasteiger charge is -2.16. The summed E-state index contributed by atoms with van der Waals surface area (Å²) in [5.74, 6) is -0.179. The topological polar surface area (TPSA) is 28.5 Å². The van der Waals surface area contributed by atoms with Crippen LogP contribution in [-0.4, -0.2) is 27.5 Å². The van der Waals surface area contributed by atoms with Gasteiger partial charge in [0.25, 0.3) is 5.91 Å². The predicted octanol–water partition coefficient (Wildman–Crippen LogP) is 7.82. The van der Waals surface area contributed by atoms with E-state index in [0.717, 1.165) is 28.5 Å². The molecule has 1 aliphatic rings. The molecule has 0 bridgehead atoms. The second-order valence-corrected chi connectivity index (χ2v) is 10.2. The molecule has 1 aromatic heterocycles. The number of hydrogen-bond acceptors (Lipinski definition) is 2. The molecule has 8 heteroatoms. The normalized spacial score (nSPS) is 15.1. The fraction of sp³-hybridized carbons (Fsp3) is 0.143. The van der Waals surface area contributed by atoms with E-state index in [4.69, 9.17) is 47.0 Å². The summed E-state index contributed by atoms with van der Waals surface area (Å²) in [6.45, 7) is 2.76. The number of amides is 1. The molecule has 4 nitrogen and oxygen atoms in total. The van der Waals surface area contributed by atoms with Gasteiger partial charge in [-0.15, -0.1) is 0 Å². The van der Waals surface area contributed by atoms with Crippen molar-refractivity contribution in [2.75, 3.05) is 11.9 Å². The first-order valence-corrected chi connectivity index (χ1v) is 13.0. The van der Waals surface area contributed by atoms with Crippen LogP contribution in [0.15, 0.2) is 72.6 Å². The number of thiocarbonyl (C=S) groups is 1. The van der Waals surface area contributed by atoms with E-state index in [1.165, 1.54) is 10.5 Å². The van der Waals surface area contributed by atoms with Crippen molar-refractivity contribution < 1.29 is 4.79 Å². The van der Waals surface area contributed by atoms with E-state index < -0.39 is 0 Å². The summed E-state index contributed by atoms with van der Waals surface area (Å²) in [4.78, 5) is 16.8. The Morgan fingerprint density at radius 3 is 2.42 bits per heavy atom. The van der Waals surface area contributed by atoms with E-state index in [9.17, 15) is 4.79 Å². The van der Waals surface area contributed by atoms with Gasteiger partial charge in [-0.25, -0.2) is 0 Å². The van der Waals surface area contributed by atoms with Crippen LogP contribution in [-0.2, 0) is 17.8 Å². The number of rotatable bonds is 5. The molecule has 36 heavy (non-hydrogen) atoms. The van der Waals surface area contributed by atoms with Gasteiger partial charge in [0.1, 0.15) is 5.70 Å². The summed E-state index contributed by atoms with van der Waals surface area (Å²) in [7, 11) is 1.81. The van der Waals surface area contributed by atoms with E-state index in [-0.39, 0.29) is 5.91 Å². The number of fused-ring (bicyclic) bond motifs is 1. The van der Waals surface area contributed by atoms with E-state index in [1.54, 1.807) is 29.2 Å². The molecule has 182 valence electrons. The first kappa shape index (κ1) is 24.8. The van der Waals surface area contributed by atoms with Crippen LogP contribution in [0.5, 0.6) is 0 Å². The first-order valence-electron chi connectivity index (χ1n) is 11.4. The minimum Gasteiger partial charge on any atom is -0.342 e. The second-order valence-electron chi connectivity index (χ2n) is 8.62. The van der Waals surface area contributed by atoms with Crippen molar-refractivity contribution >= 4 is 80.7 Å². The minimum atomic E-state index is -0.179. The second kappa shape index (κ2) is 9.91. The zero-order chi connectivity index (χ0) is 25.6. The zero-order valence-corrected chi connectivity index (χ0v) is 22.7. The third-order valence-corrected chi connectivity index (χ3v) is 7.82. The van der Waals surface area contributed by atoms with Crippen molar-refractivity contribution in [2.45, 2.75) is 19.9 Å². The number of carbonyl (C=O) groups is 1. The van der Waals surface area contributed by atoms with Crippen LogP contribution in [0.4, 0.5) is 5.69 Å². The summed E-state index contributed by atoms with van der Waals surface area (Å²) >= 11 is 24.1. The van der Waals surface area contributed by atoms with Gasteiger partial charge in [0.05, 0.1) is 21.2 Å². The maximum absolute atomic E-state index is 13.5. The van der Waals surface area contributed by atoms with Gasteiger partial charge in [-0.05, 0) is 72.2 Å². The lowest BCUT2D eigenvalue weighted by molar-refractivity contribution is -0.114. The van der Waals surface area contributed by atoms with Gasteiger partial charge in [-0.1, -0.05) is 66.0 Å². The minimum absolute atomic E-state index is 0.179. The molecule has 1 aliphatic heterocycles. The molecule has 0 radical (unpaired) electrons. The number of likely N-dealkylation sites (N-methyl/N-ethyl adjacent to an activating group) is 1. The highest BCUT2D eigenvalue weighted by Crippen LogP contribution is 2.33. The molecule has 1 fully saturated rings. The van der Waals surface area contributed by atoms with Gasteiger partial charge in [0.2, 0.25) is 0 Å². The van der Waals surface area contributed by atoms with Gasteiger partial charge in [-0.3, -0.25) is 9.69 Å². The van der Waals surface area contributed by atoms with Crippen molar-refractivity contribution in [3.05, 3.63) is 104 Å². The molecule has 0 unspecified atom stereocenters. The molecule has 1 amide bonds. The van der Waals surface area contributed by atoms with Crippen LogP contribution < -0.4 is 4.90 Å². The summed E-state index contributed by atoms with van der Waals surface area (Å²) in [6.07, 6.45) is 4.87. The monoisotopic (exact) mass is 553 g/mol. The number of halogens is 3. The zero-order valence-electron chi connectivity index (χ0n) is 19.6. The fourth-order valence-electron chi connectivity index (χ4n) is 4.55. The van der Waals surface area contributed by atoms with Crippen LogP contribution in [0.2, 0.25) is 15.1 Å². The first-order chi connectivity index (χ1) is 17.3. The van der Waals surface area contributed by atoms with Crippen molar-refractivity contribution in [1.29, 1.82) is 0 Å². The Balaban J connectivity index is 1.60. The lowest BCUT2D eigenvalue weighted by Crippen LogP contribution is -2.31. The van der Waals surface area contributed by atoms with Gasteiger partial charge in [-0.2, -0.15) is 0 Å². The Labute approximate surface area is 230 Å². The van der Waals surface area contributed by atoms with Crippen LogP contribution in [0.1, 0.15) is 23.6 Å². The highest BCUT2D eigenvalue weighted by molar-refractivity contribution is 7.80. The smallest absolute Gasteiger partial charge is 0.281 e. The molecular formula is C28H22Cl3N3OS. The molecule has 4 aromatic rings. The molecule has 2 heterocycles. The van der Waals surface area contributed by atoms with Crippen molar-refractivity contribution in [3.63, 3.8) is 0 Å². The van der Waals surface area contributed by atoms with Gasteiger partial charge in [0, 0.05) is 35.8 Å². The maximum atomic E-state index is 13.5. The SMILES string of the molecule is CCc1cccc2c(/C=C3/C(=O)N(c4ccc(Cl)cc4)C(=S)N3C)cn(Cc3ccc(Cl)c(Cl)c3)c12. The standard InChI is InChI=1S/C28H22Cl3N3OS/c1-3-18-5-4-6-22-19(16-33(26(18)22)15-17-7-12-23(30)24(31)13-17)14-25-27(35)34(28(36)32(25)2)21-10-8-20(29)9-11-21/h4-14,16H,3,15H2,1-2H3/b25-14-. The molecule has 0 spiro atoms. The summed E-state index contributed by atoms with van der Waals surface area (Å²) < 4.78 is 2.20. The number of aryl methyl sites for hydroxylation is 1. The Kier molecular flexibility index (Phi) is 6.84. The van der Waals surface area contributed by atoms with E-state index in [2.05, 4.69) is 35.9 Å². The van der Waals surface area contributed by atoms with Crippen LogP contribution >= 0.6 is 47.0 Å². The van der Waals surface area contributed by atoms with Crippen LogP contribution in [0.3, 0.4) is 0 Å². The molecule has 5 rings (SSSR count). The predicted molar refractivity (Wildman–Crippen MR) is 154 cm³/mol. The van der Waals surface area contributed by atoms with Crippen molar-refractivity contribution in [2.24, 2.45) is 0 Å². The molecule has 0 saturated carbocycles. The molecular weight excluding hydrogens is 533 g/mol. The number of carbonyl (C=O) groups excluding carboxylic acids is 1. The van der Waals surface area contributed by atoms with Gasteiger partial charge in [0.15, 0.2) is 5.11 Å². The quantitative estimate of drug-likeness (QED) is 0.186. The molecule has 0 atom stereocenters. The number of hydrogen-bond donors (Lipinski definition) is 0. The average molecular weight is 555 g/mol. The Bertz CT molecular complexity index is 1540. The summed E-state index contributed by atoms with van der Waals surface area (Å²) in [5.41, 5.74) is 5.52. The third kappa shape index (κ3) is 4.41. The number of aromatic nitrogens is 1. The van der Waals surface area contributed by atoms with Gasteiger partial charge < -0.3 is 9.47 Å². The van der Waals surface area contributed by atoms with Crippen molar-refractivity contribution in [1.82, 2.24) is 9.47 Å². The Morgan fingerprint density at radius 2 is 1.72 bits per heavy atom. The van der Waals surface area contributed by atoms with E-state index in [1.807, 2.05) is 31.3 Å². The number of benzene rings is 3.